The topological polar surface area (TPSA) is 80.2 Å². The summed E-state index contributed by atoms with van der Waals surface area (Å²) in [6.45, 7) is 1.03. The van der Waals surface area contributed by atoms with Crippen molar-refractivity contribution in [3.8, 4) is 5.75 Å². The summed E-state index contributed by atoms with van der Waals surface area (Å²) in [7, 11) is 0. The van der Waals surface area contributed by atoms with Gasteiger partial charge in [0.25, 0.3) is 5.91 Å². The van der Waals surface area contributed by atoms with Crippen molar-refractivity contribution in [1.82, 2.24) is 5.32 Å². The largest absolute Gasteiger partial charge is 0.494 e. The molecule has 0 saturated carbocycles. The maximum atomic E-state index is 13.9. The van der Waals surface area contributed by atoms with Gasteiger partial charge < -0.3 is 19.9 Å². The Balaban J connectivity index is 1.37. The summed E-state index contributed by atoms with van der Waals surface area (Å²) < 4.78 is 12.6. The Morgan fingerprint density at radius 1 is 0.951 bits per heavy atom. The molecule has 4 aromatic carbocycles. The third-order valence-corrected chi connectivity index (χ3v) is 8.58. The fourth-order valence-corrected chi connectivity index (χ4v) is 5.88. The maximum Gasteiger partial charge on any atom is 0.252 e. The highest BCUT2D eigenvalue weighted by atomic mass is 79.9. The number of aliphatic hydroxyl groups excluding tert-OH is 1. The number of nitrogens with zero attached hydrogens (tertiary/aromatic N) is 1. The maximum absolute atomic E-state index is 13.9. The van der Waals surface area contributed by atoms with Crippen LogP contribution in [0.15, 0.2) is 122 Å². The van der Waals surface area contributed by atoms with Crippen LogP contribution in [0.3, 0.4) is 0 Å². The number of hydrogen-bond acceptors (Lipinski definition) is 6. The molecule has 1 atom stereocenters. The van der Waals surface area contributed by atoms with Crippen molar-refractivity contribution < 1.29 is 19.4 Å². The lowest BCUT2D eigenvalue weighted by atomic mass is 9.91. The third kappa shape index (κ3) is 7.38. The monoisotopic (exact) mass is 630 g/mol. The van der Waals surface area contributed by atoms with Gasteiger partial charge >= 0.3 is 0 Å². The van der Waals surface area contributed by atoms with Gasteiger partial charge in [-0.1, -0.05) is 82.3 Å². The Labute approximate surface area is 253 Å². The van der Waals surface area contributed by atoms with Crippen LogP contribution in [0.2, 0.25) is 0 Å². The summed E-state index contributed by atoms with van der Waals surface area (Å²) in [6, 6.07) is 33.6. The van der Waals surface area contributed by atoms with Gasteiger partial charge in [-0.2, -0.15) is 0 Å². The molecule has 0 aliphatic carbocycles. The van der Waals surface area contributed by atoms with Crippen LogP contribution in [0.4, 0.5) is 0 Å². The SMILES string of the molecule is O=C(NCc1ccccc1Sc1ccccc1)[C@@]1(Cc2ccccc2Br)COC(c2ccc(OCCCO)cc2)=N1. The number of nitrogens with one attached hydrogen (secondary N) is 1. The van der Waals surface area contributed by atoms with Crippen LogP contribution >= 0.6 is 27.7 Å². The fraction of sp³-hybridized carbons (Fsp3) is 0.212. The Kier molecular flexibility index (Phi) is 9.77. The first-order chi connectivity index (χ1) is 20.1. The lowest BCUT2D eigenvalue weighted by Crippen LogP contribution is -2.48. The number of carbonyl (C=O) groups excluding carboxylic acids is 1. The summed E-state index contributed by atoms with van der Waals surface area (Å²) in [4.78, 5) is 21.1. The first-order valence-corrected chi connectivity index (χ1v) is 15.1. The standard InChI is InChI=1S/C33H31BrN2O4S/c34-29-13-6-4-9-25(29)21-33(23-40-31(36-33)24-15-17-27(18-16-24)39-20-8-19-37)32(38)35-22-26-10-5-7-14-30(26)41-28-11-2-1-3-12-28/h1-7,9-18,37H,8,19-23H2,(H,35,38)/t33-/m1/s1. The van der Waals surface area contributed by atoms with E-state index in [9.17, 15) is 4.79 Å². The Morgan fingerprint density at radius 2 is 1.66 bits per heavy atom. The van der Waals surface area contributed by atoms with Gasteiger partial charge in [0.15, 0.2) is 5.54 Å². The van der Waals surface area contributed by atoms with Gasteiger partial charge in [0, 0.05) is 45.8 Å². The summed E-state index contributed by atoms with van der Waals surface area (Å²) in [5.74, 6) is 0.936. The van der Waals surface area contributed by atoms with Crippen LogP contribution in [-0.4, -0.2) is 42.3 Å². The molecule has 2 N–H and O–H groups in total. The van der Waals surface area contributed by atoms with E-state index >= 15 is 0 Å². The Morgan fingerprint density at radius 3 is 2.41 bits per heavy atom. The molecule has 6 nitrogen and oxygen atoms in total. The molecular weight excluding hydrogens is 600 g/mol. The average Bonchev–Trinajstić information content (AvgIpc) is 3.44. The first-order valence-electron chi connectivity index (χ1n) is 13.5. The molecular formula is C33H31BrN2O4S. The summed E-state index contributed by atoms with van der Waals surface area (Å²) in [5.41, 5.74) is 1.65. The molecule has 0 aromatic heterocycles. The molecule has 210 valence electrons. The number of ether oxygens (including phenoxy) is 2. The molecule has 1 heterocycles. The quantitative estimate of drug-likeness (QED) is 0.176. The second-order valence-corrected chi connectivity index (χ2v) is 11.6. The minimum absolute atomic E-state index is 0.0852. The fourth-order valence-electron chi connectivity index (χ4n) is 4.49. The van der Waals surface area contributed by atoms with Gasteiger partial charge in [-0.3, -0.25) is 4.79 Å². The molecule has 41 heavy (non-hydrogen) atoms. The van der Waals surface area contributed by atoms with Crippen LogP contribution in [-0.2, 0) is 22.5 Å². The number of hydrogen-bond donors (Lipinski definition) is 2. The zero-order valence-electron chi connectivity index (χ0n) is 22.5. The summed E-state index contributed by atoms with van der Waals surface area (Å²) >= 11 is 5.31. The molecule has 5 rings (SSSR count). The number of halogens is 1. The number of aliphatic hydroxyl groups is 1. The molecule has 1 amide bonds. The van der Waals surface area contributed by atoms with E-state index in [1.807, 2.05) is 84.9 Å². The van der Waals surface area contributed by atoms with Crippen molar-refractivity contribution in [1.29, 1.82) is 0 Å². The zero-order valence-corrected chi connectivity index (χ0v) is 24.9. The van der Waals surface area contributed by atoms with Crippen LogP contribution in [0, 0.1) is 0 Å². The van der Waals surface area contributed by atoms with E-state index in [2.05, 4.69) is 39.4 Å². The molecule has 1 aliphatic rings. The van der Waals surface area contributed by atoms with E-state index in [-0.39, 0.29) is 19.1 Å². The Bertz CT molecular complexity index is 1500. The molecule has 0 fully saturated rings. The number of benzene rings is 4. The number of aliphatic imine (C=N–C) groups is 1. The second-order valence-electron chi connectivity index (χ2n) is 9.66. The highest BCUT2D eigenvalue weighted by Crippen LogP contribution is 2.32. The van der Waals surface area contributed by atoms with Crippen LogP contribution < -0.4 is 10.1 Å². The number of carbonyl (C=O) groups is 1. The van der Waals surface area contributed by atoms with Gasteiger partial charge in [0.05, 0.1) is 6.61 Å². The molecule has 0 bridgehead atoms. The highest BCUT2D eigenvalue weighted by Gasteiger charge is 2.44. The second kappa shape index (κ2) is 13.9. The molecule has 1 aliphatic heterocycles. The van der Waals surface area contributed by atoms with Crippen molar-refractivity contribution in [3.63, 3.8) is 0 Å². The smallest absolute Gasteiger partial charge is 0.252 e. The van der Waals surface area contributed by atoms with E-state index in [1.165, 1.54) is 0 Å². The van der Waals surface area contributed by atoms with E-state index in [1.54, 1.807) is 11.8 Å². The van der Waals surface area contributed by atoms with Gasteiger partial charge in [0.2, 0.25) is 5.90 Å². The molecule has 0 unspecified atom stereocenters. The normalized spacial score (nSPS) is 16.1. The van der Waals surface area contributed by atoms with E-state index in [0.717, 1.165) is 31.0 Å². The van der Waals surface area contributed by atoms with E-state index in [4.69, 9.17) is 19.6 Å². The predicted molar refractivity (Wildman–Crippen MR) is 166 cm³/mol. The van der Waals surface area contributed by atoms with Crippen molar-refractivity contribution in [3.05, 3.63) is 124 Å². The van der Waals surface area contributed by atoms with Crippen molar-refractivity contribution in [2.45, 2.75) is 34.7 Å². The van der Waals surface area contributed by atoms with Gasteiger partial charge in [-0.15, -0.1) is 0 Å². The predicted octanol–water partition coefficient (Wildman–Crippen LogP) is 6.44. The van der Waals surface area contributed by atoms with Crippen molar-refractivity contribution in [2.75, 3.05) is 19.8 Å². The first kappa shape index (κ1) is 28.9. The average molecular weight is 632 g/mol. The Hall–Kier alpha value is -3.59. The lowest BCUT2D eigenvalue weighted by molar-refractivity contribution is -0.126. The lowest BCUT2D eigenvalue weighted by Gasteiger charge is -2.24. The summed E-state index contributed by atoms with van der Waals surface area (Å²) in [5, 5.41) is 12.1. The van der Waals surface area contributed by atoms with Gasteiger partial charge in [-0.05, 0) is 59.7 Å². The molecule has 0 saturated heterocycles. The van der Waals surface area contributed by atoms with Crippen molar-refractivity contribution >= 4 is 39.5 Å². The molecule has 4 aromatic rings. The number of rotatable bonds is 12. The van der Waals surface area contributed by atoms with Gasteiger partial charge in [0.1, 0.15) is 12.4 Å². The van der Waals surface area contributed by atoms with Crippen LogP contribution in [0.5, 0.6) is 5.75 Å². The van der Waals surface area contributed by atoms with E-state index in [0.29, 0.717) is 37.6 Å². The van der Waals surface area contributed by atoms with Gasteiger partial charge in [-0.25, -0.2) is 4.99 Å². The number of amides is 1. The minimum Gasteiger partial charge on any atom is -0.494 e. The van der Waals surface area contributed by atoms with Crippen LogP contribution in [0.25, 0.3) is 0 Å². The summed E-state index contributed by atoms with van der Waals surface area (Å²) in [6.07, 6.45) is 0.951. The van der Waals surface area contributed by atoms with Crippen molar-refractivity contribution in [2.24, 2.45) is 4.99 Å². The molecule has 0 spiro atoms. The third-order valence-electron chi connectivity index (χ3n) is 6.68. The molecule has 8 heteroatoms. The van der Waals surface area contributed by atoms with Crippen LogP contribution in [0.1, 0.15) is 23.1 Å². The minimum atomic E-state index is -1.13. The zero-order chi connectivity index (χ0) is 28.5. The highest BCUT2D eigenvalue weighted by molar-refractivity contribution is 9.10. The van der Waals surface area contributed by atoms with E-state index < -0.39 is 5.54 Å². The molecule has 0 radical (unpaired) electrons.